The van der Waals surface area contributed by atoms with Crippen LogP contribution in [-0.4, -0.2) is 57.0 Å². The van der Waals surface area contributed by atoms with E-state index in [4.69, 9.17) is 15.2 Å². The number of rotatable bonds is 8. The summed E-state index contributed by atoms with van der Waals surface area (Å²) in [7, 11) is -1.49. The molecule has 1 amide bonds. The van der Waals surface area contributed by atoms with Crippen LogP contribution < -0.4 is 25.2 Å². The molecule has 31 heavy (non-hydrogen) atoms. The first-order valence-corrected chi connectivity index (χ1v) is 10.3. The normalized spacial score (nSPS) is 12.5. The van der Waals surface area contributed by atoms with Crippen molar-refractivity contribution in [3.8, 4) is 11.5 Å². The molecule has 0 saturated heterocycles. The third-order valence-corrected chi connectivity index (χ3v) is 4.91. The minimum absolute atomic E-state index is 0. The van der Waals surface area contributed by atoms with Crippen molar-refractivity contribution in [1.82, 2.24) is 0 Å². The Kier molecular flexibility index (Phi) is 8.93. The molecule has 0 unspecified atom stereocenters. The fraction of sp³-hybridized carbons (Fsp3) is 0.200. The van der Waals surface area contributed by atoms with Gasteiger partial charge in [-0.05, 0) is 55.7 Å². The number of esters is 1. The standard InChI is InChI=1S/C20H21N3O6S.Na.H/c1-28-14-8-6-13(7-9-14)22-18-15(23-30(26)27)10-11-16(17(18)19(21)24)29-20(25)12-4-2-3-5-12;;/h4,6-11,22,30H,2-3,5H2,1H3,(H2,21,24)(H,23,26,27);;. The molecule has 0 atom stereocenters. The first-order valence-electron chi connectivity index (χ1n) is 9.09. The maximum atomic E-state index is 12.4. The molecule has 0 bridgehead atoms. The van der Waals surface area contributed by atoms with Gasteiger partial charge in [0.2, 0.25) is 10.9 Å². The molecule has 0 radical (unpaired) electrons. The zero-order chi connectivity index (χ0) is 21.7. The number of ether oxygens (including phenoxy) is 2. The number of nitrogens with one attached hydrogen (secondary N) is 2. The van der Waals surface area contributed by atoms with E-state index in [1.807, 2.05) is 0 Å². The Hall–Kier alpha value is -2.53. The molecular formula is C20H22N3NaO6S. The van der Waals surface area contributed by atoms with Crippen molar-refractivity contribution >= 4 is 69.4 Å². The van der Waals surface area contributed by atoms with Gasteiger partial charge in [0.25, 0.3) is 5.91 Å². The number of amides is 1. The molecular weight excluding hydrogens is 433 g/mol. The van der Waals surface area contributed by atoms with Gasteiger partial charge < -0.3 is 20.5 Å². The topological polar surface area (TPSA) is 137 Å². The summed E-state index contributed by atoms with van der Waals surface area (Å²) in [6.07, 6.45) is 4.03. The SMILES string of the molecule is COc1ccc(Nc2c(N[SH](=O)=O)ccc(OC(=O)C3=CCCC3)c2C(N)=O)cc1.[NaH]. The summed E-state index contributed by atoms with van der Waals surface area (Å²) in [5.41, 5.74) is 6.61. The van der Waals surface area contributed by atoms with Crippen molar-refractivity contribution < 1.29 is 27.5 Å². The van der Waals surface area contributed by atoms with Gasteiger partial charge in [0.15, 0.2) is 0 Å². The number of nitrogens with two attached hydrogens (primary N) is 1. The third-order valence-electron chi connectivity index (χ3n) is 4.49. The molecule has 1 aliphatic rings. The van der Waals surface area contributed by atoms with Crippen LogP contribution in [0.3, 0.4) is 0 Å². The summed E-state index contributed by atoms with van der Waals surface area (Å²) in [5.74, 6) is -0.910. The van der Waals surface area contributed by atoms with Crippen molar-refractivity contribution in [1.29, 1.82) is 0 Å². The summed E-state index contributed by atoms with van der Waals surface area (Å²) < 4.78 is 35.3. The van der Waals surface area contributed by atoms with Gasteiger partial charge in [-0.25, -0.2) is 13.2 Å². The Morgan fingerprint density at radius 2 is 1.81 bits per heavy atom. The van der Waals surface area contributed by atoms with Crippen LogP contribution in [0.25, 0.3) is 0 Å². The average molecular weight is 455 g/mol. The quantitative estimate of drug-likeness (QED) is 0.206. The molecule has 160 valence electrons. The number of benzene rings is 2. The van der Waals surface area contributed by atoms with E-state index in [2.05, 4.69) is 10.0 Å². The minimum atomic E-state index is -3.02. The van der Waals surface area contributed by atoms with E-state index in [0.29, 0.717) is 23.4 Å². The Morgan fingerprint density at radius 3 is 2.35 bits per heavy atom. The number of carbonyl (C=O) groups excluding carboxylic acids is 2. The number of thiol groups is 1. The van der Waals surface area contributed by atoms with Crippen molar-refractivity contribution in [3.63, 3.8) is 0 Å². The van der Waals surface area contributed by atoms with E-state index in [1.54, 1.807) is 30.3 Å². The Morgan fingerprint density at radius 1 is 1.10 bits per heavy atom. The molecule has 3 rings (SSSR count). The van der Waals surface area contributed by atoms with E-state index in [-0.39, 0.29) is 52.2 Å². The van der Waals surface area contributed by atoms with Crippen molar-refractivity contribution in [2.75, 3.05) is 17.1 Å². The molecule has 2 aromatic carbocycles. The van der Waals surface area contributed by atoms with Crippen LogP contribution in [-0.2, 0) is 15.7 Å². The van der Waals surface area contributed by atoms with Gasteiger partial charge in [-0.2, -0.15) is 0 Å². The van der Waals surface area contributed by atoms with E-state index in [0.717, 1.165) is 12.8 Å². The molecule has 0 heterocycles. The monoisotopic (exact) mass is 455 g/mol. The van der Waals surface area contributed by atoms with Crippen molar-refractivity contribution in [2.24, 2.45) is 5.73 Å². The second kappa shape index (κ2) is 11.2. The van der Waals surface area contributed by atoms with Crippen molar-refractivity contribution in [3.05, 3.63) is 53.6 Å². The molecule has 1 aliphatic carbocycles. The number of methoxy groups -OCH3 is 1. The van der Waals surface area contributed by atoms with Crippen LogP contribution >= 0.6 is 0 Å². The Balaban J connectivity index is 0.00000341. The number of anilines is 3. The summed E-state index contributed by atoms with van der Waals surface area (Å²) in [6, 6.07) is 9.43. The Bertz CT molecular complexity index is 1080. The first kappa shape index (κ1) is 24.7. The fourth-order valence-corrected chi connectivity index (χ4v) is 3.46. The number of hydrogen-bond acceptors (Lipinski definition) is 7. The summed E-state index contributed by atoms with van der Waals surface area (Å²) in [4.78, 5) is 24.7. The van der Waals surface area contributed by atoms with Gasteiger partial charge in [-0.1, -0.05) is 6.08 Å². The van der Waals surface area contributed by atoms with Gasteiger partial charge in [0.1, 0.15) is 17.1 Å². The zero-order valence-electron chi connectivity index (χ0n) is 16.1. The van der Waals surface area contributed by atoms with Crippen LogP contribution in [0.2, 0.25) is 0 Å². The molecule has 0 aromatic heterocycles. The zero-order valence-corrected chi connectivity index (χ0v) is 17.0. The first-order chi connectivity index (χ1) is 14.4. The van der Waals surface area contributed by atoms with Gasteiger partial charge >= 0.3 is 35.5 Å². The predicted octanol–water partition coefficient (Wildman–Crippen LogP) is 1.84. The van der Waals surface area contributed by atoms with Crippen LogP contribution in [0, 0.1) is 0 Å². The summed E-state index contributed by atoms with van der Waals surface area (Å²) in [5, 5.41) is 2.97. The van der Waals surface area contributed by atoms with Gasteiger partial charge in [-0.15, -0.1) is 0 Å². The third kappa shape index (κ3) is 6.23. The summed E-state index contributed by atoms with van der Waals surface area (Å²) in [6.45, 7) is 0. The number of hydrogen-bond donors (Lipinski definition) is 4. The number of primary amides is 1. The summed E-state index contributed by atoms with van der Waals surface area (Å²) >= 11 is 0. The van der Waals surface area contributed by atoms with Crippen LogP contribution in [0.1, 0.15) is 29.6 Å². The number of carbonyl (C=O) groups is 2. The van der Waals surface area contributed by atoms with Crippen LogP contribution in [0.5, 0.6) is 11.5 Å². The van der Waals surface area contributed by atoms with Crippen molar-refractivity contribution in [2.45, 2.75) is 19.3 Å². The molecule has 0 spiro atoms. The van der Waals surface area contributed by atoms with Crippen LogP contribution in [0.15, 0.2) is 48.0 Å². The molecule has 11 heteroatoms. The maximum absolute atomic E-state index is 12.4. The van der Waals surface area contributed by atoms with E-state index >= 15 is 0 Å². The molecule has 2 aromatic rings. The molecule has 9 nitrogen and oxygen atoms in total. The molecule has 4 N–H and O–H groups in total. The number of allylic oxidation sites excluding steroid dienone is 1. The van der Waals surface area contributed by atoms with Crippen LogP contribution in [0.4, 0.5) is 17.1 Å². The Labute approximate surface area is 203 Å². The second-order valence-corrected chi connectivity index (χ2v) is 7.20. The predicted molar refractivity (Wildman–Crippen MR) is 120 cm³/mol. The average Bonchev–Trinajstić information content (AvgIpc) is 3.25. The molecule has 0 saturated carbocycles. The fourth-order valence-electron chi connectivity index (χ4n) is 3.07. The second-order valence-electron chi connectivity index (χ2n) is 6.46. The van der Waals surface area contributed by atoms with Gasteiger partial charge in [0, 0.05) is 11.3 Å². The van der Waals surface area contributed by atoms with E-state index in [1.165, 1.54) is 19.2 Å². The van der Waals surface area contributed by atoms with E-state index in [9.17, 15) is 18.0 Å². The van der Waals surface area contributed by atoms with Gasteiger partial charge in [-0.3, -0.25) is 9.52 Å². The van der Waals surface area contributed by atoms with Gasteiger partial charge in [0.05, 0.1) is 18.5 Å². The molecule has 0 fully saturated rings. The van der Waals surface area contributed by atoms with E-state index < -0.39 is 22.8 Å². The molecule has 0 aliphatic heterocycles.